The first-order valence-electron chi connectivity index (χ1n) is 14.9. The number of rotatable bonds is 6. The van der Waals surface area contributed by atoms with Crippen LogP contribution in [0.4, 0.5) is 21.5 Å². The smallest absolute Gasteiger partial charge is 0.338 e. The number of piperidine rings is 1. The van der Waals surface area contributed by atoms with Crippen LogP contribution in [0.15, 0.2) is 42.6 Å². The molecule has 14 heteroatoms. The van der Waals surface area contributed by atoms with Crippen LogP contribution in [-0.2, 0) is 19.9 Å². The van der Waals surface area contributed by atoms with E-state index in [0.717, 1.165) is 12.8 Å². The van der Waals surface area contributed by atoms with Gasteiger partial charge in [0.05, 0.1) is 23.5 Å². The van der Waals surface area contributed by atoms with Crippen LogP contribution in [0.2, 0.25) is 10.2 Å². The second-order valence-corrected chi connectivity index (χ2v) is 13.0. The van der Waals surface area contributed by atoms with E-state index in [2.05, 4.69) is 15.2 Å². The lowest BCUT2D eigenvalue weighted by Gasteiger charge is -2.40. The monoisotopic (exact) mass is 683 g/mol. The number of pyridine rings is 1. The predicted molar refractivity (Wildman–Crippen MR) is 173 cm³/mol. The third kappa shape index (κ3) is 4.79. The summed E-state index contributed by atoms with van der Waals surface area (Å²) in [7, 11) is 1.18. The van der Waals surface area contributed by atoms with E-state index in [0.29, 0.717) is 29.2 Å². The molecule has 2 amide bonds. The van der Waals surface area contributed by atoms with Gasteiger partial charge in [0, 0.05) is 53.1 Å². The first-order valence-corrected chi connectivity index (χ1v) is 15.6. The van der Waals surface area contributed by atoms with E-state index < -0.39 is 62.8 Å². The van der Waals surface area contributed by atoms with Crippen LogP contribution in [0.3, 0.4) is 0 Å². The Labute approximate surface area is 280 Å². The zero-order chi connectivity index (χ0) is 32.7. The number of nitrogens with one attached hydrogen (secondary N) is 1. The van der Waals surface area contributed by atoms with E-state index in [1.54, 1.807) is 18.2 Å². The maximum absolute atomic E-state index is 16.1. The maximum atomic E-state index is 16.1. The molecule has 1 aliphatic carbocycles. The Morgan fingerprint density at radius 3 is 2.62 bits per heavy atom. The quantitative estimate of drug-likeness (QED) is 0.140. The number of amides is 2. The van der Waals surface area contributed by atoms with Crippen LogP contribution in [0.25, 0.3) is 0 Å². The lowest BCUT2D eigenvalue weighted by Crippen LogP contribution is -2.54. The van der Waals surface area contributed by atoms with Crippen molar-refractivity contribution in [1.29, 1.82) is 0 Å². The first-order chi connectivity index (χ1) is 22.0. The first kappa shape index (κ1) is 32.8. The van der Waals surface area contributed by atoms with E-state index in [4.69, 9.17) is 27.9 Å². The minimum atomic E-state index is -1.51. The number of likely N-dealkylation sites (tertiary alicyclic amines) is 1. The lowest BCUT2D eigenvalue weighted by molar-refractivity contribution is -0.384. The van der Waals surface area contributed by atoms with Gasteiger partial charge in [0.1, 0.15) is 11.2 Å². The summed E-state index contributed by atoms with van der Waals surface area (Å²) in [5.41, 5.74) is -0.783. The number of ether oxygens (including phenoxy) is 1. The Bertz CT molecular complexity index is 1850. The van der Waals surface area contributed by atoms with Crippen molar-refractivity contribution in [2.24, 2.45) is 11.8 Å². The maximum Gasteiger partial charge on any atom is 0.338 e. The fraction of sp³-hybridized carbons (Fsp3) is 0.394. The molecular weight excluding hydrogens is 652 g/mol. The molecule has 4 heterocycles. The number of esters is 1. The number of aromatic nitrogens is 1. The number of nitro groups is 1. The van der Waals surface area contributed by atoms with E-state index in [1.807, 2.05) is 0 Å². The second-order valence-electron chi connectivity index (χ2n) is 12.2. The van der Waals surface area contributed by atoms with Gasteiger partial charge in [-0.15, -0.1) is 0 Å². The standard InChI is InChI=1S/C32H28Cl2FN5O6.CH4/c1-15-18(30(42)46-2)6-8-23(27(15)40(44)45)38-12-10-22-24(29(38)41)25(19-9-11-36-28(34)26(19)35)32(39(22)14-16-3-4-16)20-7-5-17(33)13-21(20)37-31(32)43;/h5-9,11,13,16,22,24-25H,3-4,10,12,14H2,1-2H3,(H,37,43);1H4/t22-,24+,25-,32+;/m0./s1. The number of fused-ring (bicyclic) bond motifs is 3. The number of hydrogen-bond donors (Lipinski definition) is 1. The Morgan fingerprint density at radius 1 is 1.19 bits per heavy atom. The summed E-state index contributed by atoms with van der Waals surface area (Å²) < 4.78 is 20.9. The Kier molecular flexibility index (Phi) is 8.26. The van der Waals surface area contributed by atoms with Gasteiger partial charge in [0.2, 0.25) is 11.8 Å². The molecule has 0 radical (unpaired) electrons. The van der Waals surface area contributed by atoms with Crippen LogP contribution in [0.5, 0.6) is 0 Å². The number of benzene rings is 2. The molecule has 4 aliphatic rings. The highest BCUT2D eigenvalue weighted by Gasteiger charge is 2.70. The van der Waals surface area contributed by atoms with Gasteiger partial charge >= 0.3 is 5.97 Å². The third-order valence-corrected chi connectivity index (χ3v) is 10.4. The molecule has 11 nitrogen and oxygen atoms in total. The number of anilines is 2. The summed E-state index contributed by atoms with van der Waals surface area (Å²) in [6.07, 6.45) is 3.59. The van der Waals surface area contributed by atoms with Crippen molar-refractivity contribution in [1.82, 2.24) is 9.88 Å². The lowest BCUT2D eigenvalue weighted by atomic mass is 9.70. The molecule has 3 aromatic rings. The highest BCUT2D eigenvalue weighted by atomic mass is 35.5. The zero-order valence-corrected chi connectivity index (χ0v) is 26.3. The van der Waals surface area contributed by atoms with Gasteiger partial charge in [-0.25, -0.2) is 14.2 Å². The largest absolute Gasteiger partial charge is 0.465 e. The molecule has 4 atom stereocenters. The van der Waals surface area contributed by atoms with Gasteiger partial charge < -0.3 is 15.0 Å². The number of carbonyl (C=O) groups is 3. The van der Waals surface area contributed by atoms with Crippen molar-refractivity contribution < 1.29 is 28.4 Å². The van der Waals surface area contributed by atoms with Crippen LogP contribution in [0.1, 0.15) is 59.7 Å². The van der Waals surface area contributed by atoms with Crippen LogP contribution < -0.4 is 10.2 Å². The van der Waals surface area contributed by atoms with Gasteiger partial charge in [-0.2, -0.15) is 0 Å². The van der Waals surface area contributed by atoms with Gasteiger partial charge in [0.15, 0.2) is 11.0 Å². The summed E-state index contributed by atoms with van der Waals surface area (Å²) in [5, 5.41) is 15.4. The molecule has 2 saturated heterocycles. The van der Waals surface area contributed by atoms with Crippen molar-refractivity contribution in [2.45, 2.75) is 51.1 Å². The SMILES string of the molecule is C.COC(=O)c1ccc(N2CC[C@H]3[C@@H](C2=O)[C@H](c2ccnc(Cl)c2F)[C@]2(C(=O)Nc4cc(Cl)ccc42)N3CC2CC2)c([N+](=O)[O-])c1C. The van der Waals surface area contributed by atoms with Crippen molar-refractivity contribution >= 4 is 58.0 Å². The number of methoxy groups -OCH3 is 1. The fourth-order valence-corrected chi connectivity index (χ4v) is 8.19. The second kappa shape index (κ2) is 11.8. The molecule has 0 unspecified atom stereocenters. The van der Waals surface area contributed by atoms with Crippen molar-refractivity contribution in [3.63, 3.8) is 0 Å². The number of nitrogens with zero attached hydrogens (tertiary/aromatic N) is 4. The minimum Gasteiger partial charge on any atom is -0.465 e. The molecular formula is C33H32Cl2FN5O6. The van der Waals surface area contributed by atoms with E-state index >= 15 is 4.39 Å². The molecule has 246 valence electrons. The summed E-state index contributed by atoms with van der Waals surface area (Å²) in [6, 6.07) is 8.72. The molecule has 1 saturated carbocycles. The summed E-state index contributed by atoms with van der Waals surface area (Å²) in [5.74, 6) is -4.31. The Hall–Kier alpha value is -4.13. The van der Waals surface area contributed by atoms with Gasteiger partial charge in [-0.05, 0) is 68.0 Å². The summed E-state index contributed by atoms with van der Waals surface area (Å²) in [6.45, 7) is 2.01. The normalized spacial score (nSPS) is 24.9. The van der Waals surface area contributed by atoms with E-state index in [-0.39, 0.29) is 42.3 Å². The number of hydrogen-bond acceptors (Lipinski definition) is 8. The van der Waals surface area contributed by atoms with Gasteiger partial charge in [-0.1, -0.05) is 36.7 Å². The van der Waals surface area contributed by atoms with Crippen LogP contribution in [0, 0.1) is 34.7 Å². The molecule has 3 fully saturated rings. The third-order valence-electron chi connectivity index (χ3n) is 9.92. The van der Waals surface area contributed by atoms with Crippen molar-refractivity contribution in [3.05, 3.63) is 91.0 Å². The Morgan fingerprint density at radius 2 is 1.94 bits per heavy atom. The van der Waals surface area contributed by atoms with Crippen LogP contribution >= 0.6 is 23.2 Å². The van der Waals surface area contributed by atoms with E-state index in [9.17, 15) is 24.5 Å². The van der Waals surface area contributed by atoms with Crippen molar-refractivity contribution in [2.75, 3.05) is 30.4 Å². The highest BCUT2D eigenvalue weighted by molar-refractivity contribution is 6.31. The molecule has 47 heavy (non-hydrogen) atoms. The molecule has 7 rings (SSSR count). The van der Waals surface area contributed by atoms with Gasteiger partial charge in [0.25, 0.3) is 5.69 Å². The number of nitro benzene ring substituents is 1. The minimum absolute atomic E-state index is 0. The molecule has 1 spiro atoms. The highest BCUT2D eigenvalue weighted by Crippen LogP contribution is 2.62. The number of halogens is 3. The molecule has 2 aromatic carbocycles. The molecule has 1 N–H and O–H groups in total. The van der Waals surface area contributed by atoms with Crippen LogP contribution in [-0.4, -0.2) is 58.8 Å². The van der Waals surface area contributed by atoms with Crippen molar-refractivity contribution in [3.8, 4) is 0 Å². The average Bonchev–Trinajstić information content (AvgIpc) is 3.74. The summed E-state index contributed by atoms with van der Waals surface area (Å²) >= 11 is 12.5. The average molecular weight is 685 g/mol. The topological polar surface area (TPSA) is 135 Å². The molecule has 1 aromatic heterocycles. The molecule has 0 bridgehead atoms. The van der Waals surface area contributed by atoms with E-state index in [1.165, 1.54) is 43.3 Å². The Balaban J connectivity index is 0.00000386. The molecule has 3 aliphatic heterocycles. The zero-order valence-electron chi connectivity index (χ0n) is 24.8. The fourth-order valence-electron chi connectivity index (χ4n) is 7.85. The number of carbonyl (C=O) groups excluding carboxylic acids is 3. The van der Waals surface area contributed by atoms with Gasteiger partial charge in [-0.3, -0.25) is 24.6 Å². The summed E-state index contributed by atoms with van der Waals surface area (Å²) in [4.78, 5) is 60.7. The predicted octanol–water partition coefficient (Wildman–Crippen LogP) is 6.25.